The first kappa shape index (κ1) is 15.1. The van der Waals surface area contributed by atoms with Crippen LogP contribution in [0.4, 0.5) is 10.5 Å². The third kappa shape index (κ3) is 3.64. The Balaban J connectivity index is 1.88. The number of para-hydroxylation sites is 1. The Morgan fingerprint density at radius 1 is 1.30 bits per heavy atom. The van der Waals surface area contributed by atoms with Gasteiger partial charge in [-0.05, 0) is 25.5 Å². The number of anilines is 1. The highest BCUT2D eigenvalue weighted by Crippen LogP contribution is 2.21. The average molecular weight is 296 g/mol. The van der Waals surface area contributed by atoms with Crippen LogP contribution in [0.2, 0.25) is 5.02 Å². The number of carbonyl (C=O) groups is 1. The molecule has 1 aliphatic heterocycles. The maximum absolute atomic E-state index is 12.2. The number of benzene rings is 1. The highest BCUT2D eigenvalue weighted by molar-refractivity contribution is 6.33. The molecular formula is C15H22ClN3O. The van der Waals surface area contributed by atoms with Gasteiger partial charge in [0.15, 0.2) is 0 Å². The lowest BCUT2D eigenvalue weighted by Gasteiger charge is -2.37. The van der Waals surface area contributed by atoms with Crippen molar-refractivity contribution in [3.8, 4) is 0 Å². The minimum atomic E-state index is -0.0677. The van der Waals surface area contributed by atoms with E-state index in [1.807, 2.05) is 23.1 Å². The Hall–Kier alpha value is -1.26. The summed E-state index contributed by atoms with van der Waals surface area (Å²) in [6.45, 7) is 7.83. The van der Waals surface area contributed by atoms with E-state index in [4.69, 9.17) is 11.6 Å². The number of hydrogen-bond donors (Lipinski definition) is 1. The van der Waals surface area contributed by atoms with Gasteiger partial charge in [-0.3, -0.25) is 4.90 Å². The molecule has 2 rings (SSSR count). The van der Waals surface area contributed by atoms with Crippen molar-refractivity contribution in [3.05, 3.63) is 29.3 Å². The van der Waals surface area contributed by atoms with Gasteiger partial charge in [-0.2, -0.15) is 0 Å². The lowest BCUT2D eigenvalue weighted by molar-refractivity contribution is 0.117. The fraction of sp³-hybridized carbons (Fsp3) is 0.533. The van der Waals surface area contributed by atoms with E-state index in [2.05, 4.69) is 24.1 Å². The van der Waals surface area contributed by atoms with Gasteiger partial charge in [-0.1, -0.05) is 30.7 Å². The molecule has 4 nitrogen and oxygen atoms in total. The van der Waals surface area contributed by atoms with E-state index in [1.165, 1.54) is 0 Å². The molecular weight excluding hydrogens is 274 g/mol. The predicted molar refractivity (Wildman–Crippen MR) is 83.4 cm³/mol. The summed E-state index contributed by atoms with van der Waals surface area (Å²) in [5, 5.41) is 3.44. The molecule has 0 saturated carbocycles. The van der Waals surface area contributed by atoms with Crippen LogP contribution in [0, 0.1) is 0 Å². The van der Waals surface area contributed by atoms with Crippen LogP contribution in [0.5, 0.6) is 0 Å². The Labute approximate surface area is 125 Å². The van der Waals surface area contributed by atoms with Gasteiger partial charge in [0.1, 0.15) is 0 Å². The molecule has 0 radical (unpaired) electrons. The van der Waals surface area contributed by atoms with Crippen molar-refractivity contribution in [3.63, 3.8) is 0 Å². The molecule has 0 aliphatic carbocycles. The summed E-state index contributed by atoms with van der Waals surface area (Å²) in [6, 6.07) is 7.82. The van der Waals surface area contributed by atoms with Crippen molar-refractivity contribution in [1.29, 1.82) is 0 Å². The van der Waals surface area contributed by atoms with Gasteiger partial charge in [0, 0.05) is 32.2 Å². The number of nitrogens with zero attached hydrogens (tertiary/aromatic N) is 2. The topological polar surface area (TPSA) is 35.6 Å². The lowest BCUT2D eigenvalue weighted by Crippen LogP contribution is -2.52. The number of piperazine rings is 1. The van der Waals surface area contributed by atoms with E-state index in [-0.39, 0.29) is 6.03 Å². The molecule has 1 N–H and O–H groups in total. The minimum Gasteiger partial charge on any atom is -0.322 e. The van der Waals surface area contributed by atoms with Crippen LogP contribution < -0.4 is 5.32 Å². The highest BCUT2D eigenvalue weighted by Gasteiger charge is 2.23. The zero-order valence-corrected chi connectivity index (χ0v) is 12.9. The summed E-state index contributed by atoms with van der Waals surface area (Å²) in [5.74, 6) is 0. The van der Waals surface area contributed by atoms with Gasteiger partial charge in [0.25, 0.3) is 0 Å². The van der Waals surface area contributed by atoms with Crippen molar-refractivity contribution >= 4 is 23.3 Å². The van der Waals surface area contributed by atoms with E-state index < -0.39 is 0 Å². The molecule has 0 bridgehead atoms. The van der Waals surface area contributed by atoms with Gasteiger partial charge < -0.3 is 10.2 Å². The van der Waals surface area contributed by atoms with Gasteiger partial charge in [-0.25, -0.2) is 4.79 Å². The van der Waals surface area contributed by atoms with Gasteiger partial charge in [0.05, 0.1) is 10.7 Å². The molecule has 5 heteroatoms. The van der Waals surface area contributed by atoms with Crippen LogP contribution >= 0.6 is 11.6 Å². The molecule has 20 heavy (non-hydrogen) atoms. The molecule has 0 aromatic heterocycles. The number of nitrogens with one attached hydrogen (secondary N) is 1. The smallest absolute Gasteiger partial charge is 0.321 e. The average Bonchev–Trinajstić information content (AvgIpc) is 2.49. The summed E-state index contributed by atoms with van der Waals surface area (Å²) in [7, 11) is 0. The first-order chi connectivity index (χ1) is 9.61. The zero-order valence-electron chi connectivity index (χ0n) is 12.1. The molecule has 1 aromatic rings. The normalized spacial score (nSPS) is 17.9. The number of halogens is 1. The maximum atomic E-state index is 12.2. The molecule has 1 aromatic carbocycles. The Bertz CT molecular complexity index is 458. The standard InChI is InChI=1S/C15H22ClN3O/c1-3-12(2)18-8-10-19(11-9-18)15(20)17-14-7-5-4-6-13(14)16/h4-7,12H,3,8-11H2,1-2H3,(H,17,20). The summed E-state index contributed by atoms with van der Waals surface area (Å²) in [4.78, 5) is 16.5. The second-order valence-electron chi connectivity index (χ2n) is 5.19. The van der Waals surface area contributed by atoms with Crippen molar-refractivity contribution in [1.82, 2.24) is 9.80 Å². The molecule has 1 unspecified atom stereocenters. The molecule has 0 spiro atoms. The summed E-state index contributed by atoms with van der Waals surface area (Å²) in [5.41, 5.74) is 0.670. The van der Waals surface area contributed by atoms with Gasteiger partial charge >= 0.3 is 6.03 Å². The Morgan fingerprint density at radius 3 is 2.55 bits per heavy atom. The number of urea groups is 1. The van der Waals surface area contributed by atoms with E-state index in [0.29, 0.717) is 16.8 Å². The fourth-order valence-corrected chi connectivity index (χ4v) is 2.56. The predicted octanol–water partition coefficient (Wildman–Crippen LogP) is 3.29. The molecule has 1 saturated heterocycles. The summed E-state index contributed by atoms with van der Waals surface area (Å²) >= 11 is 6.05. The summed E-state index contributed by atoms with van der Waals surface area (Å²) in [6.07, 6.45) is 1.14. The molecule has 110 valence electrons. The van der Waals surface area contributed by atoms with Gasteiger partial charge in [0.2, 0.25) is 0 Å². The van der Waals surface area contributed by atoms with Gasteiger partial charge in [-0.15, -0.1) is 0 Å². The van der Waals surface area contributed by atoms with E-state index >= 15 is 0 Å². The Kier molecular flexibility index (Phi) is 5.26. The lowest BCUT2D eigenvalue weighted by atomic mass is 10.2. The Morgan fingerprint density at radius 2 is 1.95 bits per heavy atom. The zero-order chi connectivity index (χ0) is 14.5. The van der Waals surface area contributed by atoms with Crippen molar-refractivity contribution in [2.45, 2.75) is 26.3 Å². The van der Waals surface area contributed by atoms with Crippen molar-refractivity contribution in [2.24, 2.45) is 0 Å². The highest BCUT2D eigenvalue weighted by atomic mass is 35.5. The van der Waals surface area contributed by atoms with E-state index in [1.54, 1.807) is 6.07 Å². The number of amides is 2. The van der Waals surface area contributed by atoms with Crippen LogP contribution in [0.25, 0.3) is 0 Å². The molecule has 1 aliphatic rings. The van der Waals surface area contributed by atoms with Crippen LogP contribution in [-0.2, 0) is 0 Å². The van der Waals surface area contributed by atoms with Crippen LogP contribution in [0.3, 0.4) is 0 Å². The van der Waals surface area contributed by atoms with Crippen LogP contribution in [0.1, 0.15) is 20.3 Å². The minimum absolute atomic E-state index is 0.0677. The third-order valence-electron chi connectivity index (χ3n) is 3.93. The monoisotopic (exact) mass is 295 g/mol. The van der Waals surface area contributed by atoms with Crippen LogP contribution in [-0.4, -0.2) is 48.1 Å². The molecule has 1 fully saturated rings. The first-order valence-electron chi connectivity index (χ1n) is 7.16. The van der Waals surface area contributed by atoms with E-state index in [9.17, 15) is 4.79 Å². The number of carbonyl (C=O) groups excluding carboxylic acids is 1. The van der Waals surface area contributed by atoms with Crippen molar-refractivity contribution in [2.75, 3.05) is 31.5 Å². The third-order valence-corrected chi connectivity index (χ3v) is 4.26. The fourth-order valence-electron chi connectivity index (χ4n) is 2.38. The number of rotatable bonds is 3. The maximum Gasteiger partial charge on any atom is 0.321 e. The van der Waals surface area contributed by atoms with Crippen LogP contribution in [0.15, 0.2) is 24.3 Å². The summed E-state index contributed by atoms with van der Waals surface area (Å²) < 4.78 is 0. The van der Waals surface area contributed by atoms with E-state index in [0.717, 1.165) is 32.6 Å². The largest absolute Gasteiger partial charge is 0.322 e. The second-order valence-corrected chi connectivity index (χ2v) is 5.60. The second kappa shape index (κ2) is 6.95. The molecule has 1 atom stereocenters. The number of hydrogen-bond acceptors (Lipinski definition) is 2. The first-order valence-corrected chi connectivity index (χ1v) is 7.54. The molecule has 1 heterocycles. The molecule has 2 amide bonds. The quantitative estimate of drug-likeness (QED) is 0.929. The van der Waals surface area contributed by atoms with Crippen molar-refractivity contribution < 1.29 is 4.79 Å². The SMILES string of the molecule is CCC(C)N1CCN(C(=O)Nc2ccccc2Cl)CC1.